The smallest absolute Gasteiger partial charge is 0.152 e. The molecule has 0 unspecified atom stereocenters. The summed E-state index contributed by atoms with van der Waals surface area (Å²) in [5.41, 5.74) is 23.3. The molecule has 2 aromatic carbocycles. The topological polar surface area (TPSA) is 109 Å². The molecule has 0 saturated carbocycles. The van der Waals surface area contributed by atoms with Gasteiger partial charge in [0.2, 0.25) is 0 Å². The molecular weight excluding hydrogens is 312 g/mol. The molecule has 0 aliphatic rings. The van der Waals surface area contributed by atoms with Crippen LogP contribution in [0.3, 0.4) is 0 Å². The van der Waals surface area contributed by atoms with E-state index < -0.39 is 0 Å². The van der Waals surface area contributed by atoms with Crippen LogP contribution in [0, 0.1) is 6.92 Å². The van der Waals surface area contributed by atoms with E-state index in [1.54, 1.807) is 0 Å². The van der Waals surface area contributed by atoms with E-state index in [1.807, 2.05) is 25.1 Å². The van der Waals surface area contributed by atoms with Gasteiger partial charge in [-0.2, -0.15) is 0 Å². The van der Waals surface area contributed by atoms with Crippen molar-refractivity contribution in [3.8, 4) is 0 Å². The first-order chi connectivity index (χ1) is 12.1. The molecule has 6 N–H and O–H groups in total. The highest BCUT2D eigenvalue weighted by atomic mass is 15.1. The second-order valence-corrected chi connectivity index (χ2v) is 6.24. The number of nitrogens with two attached hydrogens (primary N) is 3. The maximum Gasteiger partial charge on any atom is 0.152 e. The van der Waals surface area contributed by atoms with Gasteiger partial charge in [-0.25, -0.2) is 9.97 Å². The molecule has 0 bridgehead atoms. The van der Waals surface area contributed by atoms with Crippen LogP contribution in [0.15, 0.2) is 42.5 Å². The Kier molecular flexibility index (Phi) is 3.54. The Morgan fingerprint density at radius 3 is 2.40 bits per heavy atom. The second kappa shape index (κ2) is 5.75. The van der Waals surface area contributed by atoms with Gasteiger partial charge in [-0.1, -0.05) is 24.3 Å². The predicted molar refractivity (Wildman–Crippen MR) is 102 cm³/mol. The number of imidazole rings is 1. The quantitative estimate of drug-likeness (QED) is 0.500. The molecule has 0 spiro atoms. The monoisotopic (exact) mass is 332 g/mol. The minimum atomic E-state index is 0.438. The van der Waals surface area contributed by atoms with Gasteiger partial charge in [-0.15, -0.1) is 0 Å². The van der Waals surface area contributed by atoms with Crippen LogP contribution in [0.5, 0.6) is 0 Å². The lowest BCUT2D eigenvalue weighted by Gasteiger charge is -2.10. The second-order valence-electron chi connectivity index (χ2n) is 6.24. The molecule has 4 aromatic rings. The number of nitrogens with zero attached hydrogens (tertiary/aromatic N) is 3. The Hall–Kier alpha value is -3.12. The first-order valence-corrected chi connectivity index (χ1v) is 8.16. The summed E-state index contributed by atoms with van der Waals surface area (Å²) in [6.45, 7) is 3.21. The molecule has 2 aromatic heterocycles. The summed E-state index contributed by atoms with van der Waals surface area (Å²) >= 11 is 0. The highest BCUT2D eigenvalue weighted by Gasteiger charge is 2.15. The van der Waals surface area contributed by atoms with Crippen molar-refractivity contribution >= 4 is 33.4 Å². The lowest BCUT2D eigenvalue weighted by Crippen LogP contribution is -2.04. The van der Waals surface area contributed by atoms with Crippen LogP contribution in [0.2, 0.25) is 0 Å². The third kappa shape index (κ3) is 2.56. The number of aryl methyl sites for hydroxylation is 1. The molecule has 4 rings (SSSR count). The predicted octanol–water partition coefficient (Wildman–Crippen LogP) is 2.56. The number of nitrogen functional groups attached to an aromatic ring is 2. The Bertz CT molecular complexity index is 1080. The molecule has 0 aliphatic carbocycles. The van der Waals surface area contributed by atoms with Crippen molar-refractivity contribution in [1.29, 1.82) is 0 Å². The third-order valence-corrected chi connectivity index (χ3v) is 4.52. The number of pyridine rings is 1. The van der Waals surface area contributed by atoms with Crippen LogP contribution >= 0.6 is 0 Å². The maximum atomic E-state index is 6.14. The minimum absolute atomic E-state index is 0.438. The Balaban J connectivity index is 1.94. The van der Waals surface area contributed by atoms with Crippen LogP contribution in [0.25, 0.3) is 21.9 Å². The summed E-state index contributed by atoms with van der Waals surface area (Å²) in [5.74, 6) is 1.33. The summed E-state index contributed by atoms with van der Waals surface area (Å²) in [6.07, 6.45) is 0. The molecule has 6 heteroatoms. The van der Waals surface area contributed by atoms with Crippen LogP contribution in [-0.4, -0.2) is 14.5 Å². The number of benzene rings is 2. The van der Waals surface area contributed by atoms with Gasteiger partial charge in [0.25, 0.3) is 0 Å². The van der Waals surface area contributed by atoms with Gasteiger partial charge in [-0.05, 0) is 36.2 Å². The number of anilines is 2. The molecular formula is C19H20N6. The fraction of sp³-hybridized carbons (Fsp3) is 0.158. The molecule has 0 amide bonds. The van der Waals surface area contributed by atoms with E-state index in [0.29, 0.717) is 30.1 Å². The van der Waals surface area contributed by atoms with Gasteiger partial charge in [0.15, 0.2) is 5.82 Å². The summed E-state index contributed by atoms with van der Waals surface area (Å²) < 4.78 is 2.16. The van der Waals surface area contributed by atoms with Gasteiger partial charge in [0, 0.05) is 24.2 Å². The van der Waals surface area contributed by atoms with E-state index in [1.165, 1.54) is 5.56 Å². The number of fused-ring (bicyclic) bond motifs is 3. The number of hydrogen-bond donors (Lipinski definition) is 3. The van der Waals surface area contributed by atoms with Crippen molar-refractivity contribution < 1.29 is 0 Å². The molecule has 6 nitrogen and oxygen atoms in total. The fourth-order valence-corrected chi connectivity index (χ4v) is 3.20. The minimum Gasteiger partial charge on any atom is -0.399 e. The van der Waals surface area contributed by atoms with Crippen molar-refractivity contribution in [3.63, 3.8) is 0 Å². The Morgan fingerprint density at radius 1 is 0.960 bits per heavy atom. The van der Waals surface area contributed by atoms with E-state index >= 15 is 0 Å². The normalized spacial score (nSPS) is 11.4. The van der Waals surface area contributed by atoms with Gasteiger partial charge in [0.05, 0.1) is 11.0 Å². The fourth-order valence-electron chi connectivity index (χ4n) is 3.20. The number of rotatable bonds is 3. The highest BCUT2D eigenvalue weighted by Crippen LogP contribution is 2.30. The summed E-state index contributed by atoms with van der Waals surface area (Å²) in [7, 11) is 0. The molecule has 0 fully saturated rings. The largest absolute Gasteiger partial charge is 0.399 e. The average molecular weight is 332 g/mol. The first-order valence-electron chi connectivity index (χ1n) is 8.16. The van der Waals surface area contributed by atoms with Crippen LogP contribution in [0.1, 0.15) is 17.0 Å². The zero-order valence-electron chi connectivity index (χ0n) is 14.0. The van der Waals surface area contributed by atoms with Gasteiger partial charge in [0.1, 0.15) is 11.3 Å². The van der Waals surface area contributed by atoms with Crippen LogP contribution < -0.4 is 17.2 Å². The lowest BCUT2D eigenvalue weighted by atomic mass is 10.1. The standard InChI is InChI=1S/C19H20N6/c1-11-23-17-18(15-8-14(21)6-7-16(15)24-19(17)22)25(11)10-13-4-2-12(9-20)3-5-13/h2-8H,9-10,20-21H2,1H3,(H2,22,24). The van der Waals surface area contributed by atoms with Crippen molar-refractivity contribution in [2.24, 2.45) is 5.73 Å². The Labute approximate surface area is 145 Å². The average Bonchev–Trinajstić information content (AvgIpc) is 2.94. The maximum absolute atomic E-state index is 6.14. The summed E-state index contributed by atoms with van der Waals surface area (Å²) in [6, 6.07) is 13.9. The lowest BCUT2D eigenvalue weighted by molar-refractivity contribution is 0.787. The summed E-state index contributed by atoms with van der Waals surface area (Å²) in [4.78, 5) is 9.10. The number of hydrogen-bond acceptors (Lipinski definition) is 5. The van der Waals surface area contributed by atoms with E-state index in [-0.39, 0.29) is 0 Å². The van der Waals surface area contributed by atoms with Gasteiger partial charge < -0.3 is 21.8 Å². The van der Waals surface area contributed by atoms with Gasteiger partial charge in [-0.3, -0.25) is 0 Å². The molecule has 0 atom stereocenters. The summed E-state index contributed by atoms with van der Waals surface area (Å²) in [5, 5.41) is 0.961. The highest BCUT2D eigenvalue weighted by molar-refractivity contribution is 6.07. The number of aromatic nitrogens is 3. The molecule has 0 saturated heterocycles. The molecule has 0 aliphatic heterocycles. The van der Waals surface area contributed by atoms with Crippen molar-refractivity contribution in [2.75, 3.05) is 11.5 Å². The van der Waals surface area contributed by atoms with Crippen LogP contribution in [-0.2, 0) is 13.1 Å². The molecule has 2 heterocycles. The van der Waals surface area contributed by atoms with Crippen molar-refractivity contribution in [1.82, 2.24) is 14.5 Å². The molecule has 25 heavy (non-hydrogen) atoms. The zero-order chi connectivity index (χ0) is 17.6. The first kappa shape index (κ1) is 15.4. The zero-order valence-corrected chi connectivity index (χ0v) is 14.0. The van der Waals surface area contributed by atoms with Crippen LogP contribution in [0.4, 0.5) is 11.5 Å². The van der Waals surface area contributed by atoms with E-state index in [0.717, 1.165) is 27.8 Å². The SMILES string of the molecule is Cc1nc2c(N)nc3ccc(N)cc3c2n1Cc1ccc(CN)cc1. The Morgan fingerprint density at radius 2 is 1.68 bits per heavy atom. The van der Waals surface area contributed by atoms with Gasteiger partial charge >= 0.3 is 0 Å². The van der Waals surface area contributed by atoms with E-state index in [9.17, 15) is 0 Å². The molecule has 126 valence electrons. The van der Waals surface area contributed by atoms with Crippen molar-refractivity contribution in [2.45, 2.75) is 20.0 Å². The molecule has 0 radical (unpaired) electrons. The van der Waals surface area contributed by atoms with E-state index in [2.05, 4.69) is 38.8 Å². The van der Waals surface area contributed by atoms with Crippen molar-refractivity contribution in [3.05, 3.63) is 59.4 Å². The van der Waals surface area contributed by atoms with E-state index in [4.69, 9.17) is 17.2 Å². The third-order valence-electron chi connectivity index (χ3n) is 4.52.